The number of anilines is 2. The van der Waals surface area contributed by atoms with Crippen LogP contribution in [-0.2, 0) is 9.53 Å². The van der Waals surface area contributed by atoms with Gasteiger partial charge in [-0.05, 0) is 37.8 Å². The highest BCUT2D eigenvalue weighted by molar-refractivity contribution is 5.87. The van der Waals surface area contributed by atoms with E-state index in [2.05, 4.69) is 54.9 Å². The lowest BCUT2D eigenvalue weighted by Gasteiger charge is -2.27. The van der Waals surface area contributed by atoms with Gasteiger partial charge in [0.05, 0.1) is 24.1 Å². The molecule has 0 aliphatic carbocycles. The lowest BCUT2D eigenvalue weighted by molar-refractivity contribution is -0.138. The molecule has 0 saturated carbocycles. The van der Waals surface area contributed by atoms with Crippen molar-refractivity contribution in [2.24, 2.45) is 5.92 Å². The number of carbonyl (C=O) groups excluding carboxylic acids is 1. The Bertz CT molecular complexity index is 730. The Morgan fingerprint density at radius 1 is 0.914 bits per heavy atom. The highest BCUT2D eigenvalue weighted by atomic mass is 16.5. The highest BCUT2D eigenvalue weighted by Crippen LogP contribution is 2.35. The van der Waals surface area contributed by atoms with Crippen LogP contribution in [0.4, 0.5) is 11.4 Å². The van der Waals surface area contributed by atoms with Crippen molar-refractivity contribution < 1.29 is 9.53 Å². The summed E-state index contributed by atoms with van der Waals surface area (Å²) in [6, 6.07) is 8.43. The molecular weight excluding hydrogens is 432 g/mol. The number of hydrogen-bond acceptors (Lipinski definition) is 4. The van der Waals surface area contributed by atoms with E-state index in [0.29, 0.717) is 18.7 Å². The minimum absolute atomic E-state index is 0.279. The summed E-state index contributed by atoms with van der Waals surface area (Å²) < 4.78 is 5.36. The van der Waals surface area contributed by atoms with Crippen LogP contribution in [0.2, 0.25) is 0 Å². The molecule has 0 bridgehead atoms. The van der Waals surface area contributed by atoms with Crippen LogP contribution in [0.5, 0.6) is 0 Å². The zero-order valence-corrected chi connectivity index (χ0v) is 23.0. The maximum Gasteiger partial charge on any atom is 0.333 e. The van der Waals surface area contributed by atoms with Gasteiger partial charge in [-0.3, -0.25) is 0 Å². The number of unbranched alkanes of at least 4 members (excludes halogenated alkanes) is 12. The zero-order chi connectivity index (χ0) is 25.3. The number of esters is 1. The number of nitrogens with zero attached hydrogens (tertiary/aromatic N) is 1. The third-order valence-corrected chi connectivity index (χ3v) is 7.08. The quantitative estimate of drug-likeness (QED) is 0.114. The van der Waals surface area contributed by atoms with Gasteiger partial charge in [-0.25, -0.2) is 4.79 Å². The Kier molecular flexibility index (Phi) is 14.6. The second-order valence-electron chi connectivity index (χ2n) is 10.9. The molecule has 198 valence electrons. The van der Waals surface area contributed by atoms with Crippen molar-refractivity contribution in [2.75, 3.05) is 23.4 Å². The molecule has 1 atom stereocenters. The summed E-state index contributed by atoms with van der Waals surface area (Å²) in [7, 11) is 0. The maximum absolute atomic E-state index is 11.7. The van der Waals surface area contributed by atoms with Crippen molar-refractivity contribution in [3.8, 4) is 0 Å². The smallest absolute Gasteiger partial charge is 0.333 e. The van der Waals surface area contributed by atoms with E-state index in [-0.39, 0.29) is 12.1 Å². The van der Waals surface area contributed by atoms with Gasteiger partial charge in [0.1, 0.15) is 6.61 Å². The summed E-state index contributed by atoms with van der Waals surface area (Å²) >= 11 is 0. The standard InChI is InChI=1S/C31H52N2O2/c1-26(2)20-16-14-12-10-8-6-5-7-9-11-13-15-17-23-30-32-28-21-18-19-22-29(28)33(30)24-25-35-31(34)27(3)4/h18-19,21-22,26,30,32H,3,5-17,20,23-25H2,1-2,4H3. The Balaban J connectivity index is 1.50. The molecule has 0 aromatic heterocycles. The molecule has 1 heterocycles. The van der Waals surface area contributed by atoms with Gasteiger partial charge in [0, 0.05) is 5.57 Å². The fourth-order valence-corrected chi connectivity index (χ4v) is 4.97. The summed E-state index contributed by atoms with van der Waals surface area (Å²) in [5.74, 6) is 0.560. The van der Waals surface area contributed by atoms with Crippen molar-refractivity contribution >= 4 is 17.3 Å². The fourth-order valence-electron chi connectivity index (χ4n) is 4.97. The summed E-state index contributed by atoms with van der Waals surface area (Å²) in [6.45, 7) is 11.1. The molecule has 1 unspecified atom stereocenters. The SMILES string of the molecule is C=C(C)C(=O)OCCN1c2ccccc2NC1CCCCCCCCCCCCCCCC(C)C. The molecule has 1 N–H and O–H groups in total. The molecule has 0 spiro atoms. The molecule has 0 amide bonds. The molecule has 1 aliphatic heterocycles. The van der Waals surface area contributed by atoms with Gasteiger partial charge in [-0.2, -0.15) is 0 Å². The van der Waals surface area contributed by atoms with E-state index >= 15 is 0 Å². The van der Waals surface area contributed by atoms with Crippen molar-refractivity contribution in [3.63, 3.8) is 0 Å². The second kappa shape index (κ2) is 17.5. The highest BCUT2D eigenvalue weighted by Gasteiger charge is 2.27. The largest absolute Gasteiger partial charge is 0.460 e. The molecule has 35 heavy (non-hydrogen) atoms. The van der Waals surface area contributed by atoms with Crippen LogP contribution in [-0.4, -0.2) is 25.3 Å². The number of carbonyl (C=O) groups is 1. The van der Waals surface area contributed by atoms with Crippen LogP contribution >= 0.6 is 0 Å². The maximum atomic E-state index is 11.7. The molecule has 0 saturated heterocycles. The molecule has 0 fully saturated rings. The number of hydrogen-bond donors (Lipinski definition) is 1. The monoisotopic (exact) mass is 484 g/mol. The van der Waals surface area contributed by atoms with E-state index in [0.717, 1.165) is 12.3 Å². The predicted octanol–water partition coefficient (Wildman–Crippen LogP) is 8.87. The predicted molar refractivity (Wildman–Crippen MR) is 151 cm³/mol. The molecule has 4 heteroatoms. The number of para-hydroxylation sites is 2. The topological polar surface area (TPSA) is 41.6 Å². The zero-order valence-electron chi connectivity index (χ0n) is 23.0. The second-order valence-corrected chi connectivity index (χ2v) is 10.9. The van der Waals surface area contributed by atoms with Crippen molar-refractivity contribution in [1.82, 2.24) is 0 Å². The molecule has 1 aliphatic rings. The summed E-state index contributed by atoms with van der Waals surface area (Å²) in [6.07, 6.45) is 20.8. The Labute approximate surface area is 215 Å². The van der Waals surface area contributed by atoms with E-state index in [1.54, 1.807) is 6.92 Å². The number of rotatable bonds is 20. The molecule has 0 radical (unpaired) electrons. The Morgan fingerprint density at radius 3 is 2.03 bits per heavy atom. The van der Waals surface area contributed by atoms with Gasteiger partial charge in [-0.15, -0.1) is 0 Å². The van der Waals surface area contributed by atoms with Crippen molar-refractivity contribution in [3.05, 3.63) is 36.4 Å². The first-order valence-corrected chi connectivity index (χ1v) is 14.4. The number of fused-ring (bicyclic) bond motifs is 1. The van der Waals surface area contributed by atoms with Crippen LogP contribution in [0.3, 0.4) is 0 Å². The van der Waals surface area contributed by atoms with Gasteiger partial charge in [0.15, 0.2) is 0 Å². The molecule has 1 aromatic rings. The molecule has 2 rings (SSSR count). The Hall–Kier alpha value is -1.97. The first-order valence-electron chi connectivity index (χ1n) is 14.4. The first-order chi connectivity index (χ1) is 17.0. The lowest BCUT2D eigenvalue weighted by Crippen LogP contribution is -2.38. The third-order valence-electron chi connectivity index (χ3n) is 7.08. The molecule has 1 aromatic carbocycles. The summed E-state index contributed by atoms with van der Waals surface area (Å²) in [5, 5.41) is 3.66. The number of nitrogens with one attached hydrogen (secondary N) is 1. The van der Waals surface area contributed by atoms with Gasteiger partial charge >= 0.3 is 5.97 Å². The van der Waals surface area contributed by atoms with Gasteiger partial charge in [0.2, 0.25) is 0 Å². The van der Waals surface area contributed by atoms with Crippen LogP contribution in [0.1, 0.15) is 117 Å². The fraction of sp³-hybridized carbons (Fsp3) is 0.710. The normalized spacial score (nSPS) is 14.7. The minimum Gasteiger partial charge on any atom is -0.460 e. The van der Waals surface area contributed by atoms with Gasteiger partial charge in [0.25, 0.3) is 0 Å². The van der Waals surface area contributed by atoms with E-state index in [4.69, 9.17) is 4.74 Å². The van der Waals surface area contributed by atoms with Crippen LogP contribution in [0.15, 0.2) is 36.4 Å². The van der Waals surface area contributed by atoms with Crippen molar-refractivity contribution in [1.29, 1.82) is 0 Å². The first kappa shape index (κ1) is 29.3. The number of ether oxygens (including phenoxy) is 1. The lowest BCUT2D eigenvalue weighted by atomic mass is 10.0. The minimum atomic E-state index is -0.306. The average Bonchev–Trinajstić information content (AvgIpc) is 3.18. The van der Waals surface area contributed by atoms with Crippen LogP contribution in [0, 0.1) is 5.92 Å². The molecule has 4 nitrogen and oxygen atoms in total. The summed E-state index contributed by atoms with van der Waals surface area (Å²) in [4.78, 5) is 14.1. The molecular formula is C31H52N2O2. The van der Waals surface area contributed by atoms with Gasteiger partial charge < -0.3 is 15.0 Å². The summed E-state index contributed by atoms with van der Waals surface area (Å²) in [5.41, 5.74) is 2.84. The van der Waals surface area contributed by atoms with Crippen LogP contribution < -0.4 is 10.2 Å². The third kappa shape index (κ3) is 12.0. The average molecular weight is 485 g/mol. The van der Waals surface area contributed by atoms with E-state index in [9.17, 15) is 4.79 Å². The Morgan fingerprint density at radius 2 is 1.46 bits per heavy atom. The van der Waals surface area contributed by atoms with Crippen molar-refractivity contribution in [2.45, 2.75) is 123 Å². The van der Waals surface area contributed by atoms with E-state index in [1.807, 2.05) is 0 Å². The van der Waals surface area contributed by atoms with E-state index in [1.165, 1.54) is 101 Å². The van der Waals surface area contributed by atoms with Gasteiger partial charge in [-0.1, -0.05) is 116 Å². The van der Waals surface area contributed by atoms with E-state index < -0.39 is 0 Å². The van der Waals surface area contributed by atoms with Crippen LogP contribution in [0.25, 0.3) is 0 Å². The number of benzene rings is 1.